The zero-order chi connectivity index (χ0) is 34.6. The van der Waals surface area contributed by atoms with Gasteiger partial charge in [-0.2, -0.15) is 0 Å². The van der Waals surface area contributed by atoms with Crippen LogP contribution in [0.1, 0.15) is 0 Å². The molecule has 0 saturated carbocycles. The van der Waals surface area contributed by atoms with Gasteiger partial charge in [-0.25, -0.2) is 9.97 Å². The summed E-state index contributed by atoms with van der Waals surface area (Å²) in [6.45, 7) is 0.774. The van der Waals surface area contributed by atoms with E-state index < -0.39 is 0 Å². The van der Waals surface area contributed by atoms with Crippen molar-refractivity contribution in [3.05, 3.63) is 170 Å². The second-order valence-corrected chi connectivity index (χ2v) is 13.0. The van der Waals surface area contributed by atoms with Crippen LogP contribution in [0.3, 0.4) is 0 Å². The topological polar surface area (TPSA) is 52.9 Å². The van der Waals surface area contributed by atoms with Crippen molar-refractivity contribution in [3.8, 4) is 17.3 Å². The summed E-state index contributed by atoms with van der Waals surface area (Å²) in [6, 6.07) is 50.4. The first kappa shape index (κ1) is 29.8. The Hall–Kier alpha value is -7.06. The van der Waals surface area contributed by atoms with Gasteiger partial charge in [0.15, 0.2) is 17.3 Å². The Labute approximate surface area is 301 Å². The van der Waals surface area contributed by atoms with Crippen molar-refractivity contribution in [2.75, 3.05) is 28.4 Å². The van der Waals surface area contributed by atoms with Crippen molar-refractivity contribution in [2.45, 2.75) is 0 Å². The summed E-state index contributed by atoms with van der Waals surface area (Å²) in [6.07, 6.45) is 7.93. The van der Waals surface area contributed by atoms with E-state index in [0.717, 1.165) is 74.6 Å². The minimum atomic E-state index is 0.668. The number of pyridine rings is 2. The SMILES string of the molecule is CN1C=CN(c2cccc(N(c3ccc4c5ccccc5n(-c5ccccn5)c4c3)c3ccnc4c3Oc3ccccc3N4c3ccccc3)c2)C1. The zero-order valence-electron chi connectivity index (χ0n) is 28.4. The van der Waals surface area contributed by atoms with Crippen molar-refractivity contribution >= 4 is 61.7 Å². The molecular weight excluding hydrogens is 643 g/mol. The predicted molar refractivity (Wildman–Crippen MR) is 210 cm³/mol. The Morgan fingerprint density at radius 3 is 2.27 bits per heavy atom. The Morgan fingerprint density at radius 2 is 1.40 bits per heavy atom. The summed E-state index contributed by atoms with van der Waals surface area (Å²) < 4.78 is 9.12. The number of benzene rings is 5. The first-order valence-electron chi connectivity index (χ1n) is 17.3. The molecule has 250 valence electrons. The van der Waals surface area contributed by atoms with E-state index in [4.69, 9.17) is 14.7 Å². The average Bonchev–Trinajstić information content (AvgIpc) is 3.79. The highest BCUT2D eigenvalue weighted by molar-refractivity contribution is 6.10. The van der Waals surface area contributed by atoms with Crippen LogP contribution < -0.4 is 19.4 Å². The highest BCUT2D eigenvalue weighted by atomic mass is 16.5. The number of aromatic nitrogens is 3. The van der Waals surface area contributed by atoms with E-state index in [1.54, 1.807) is 0 Å². The standard InChI is InChI=1S/C44H33N7O/c1-47-26-27-48(30-47)32-14-11-15-33(28-32)49(34-21-22-36-35-16-5-6-17-37(35)51(40(36)29-34)42-20-9-10-24-45-42)39-23-25-46-44-43(39)52-41-19-8-7-18-38(41)50(44)31-12-3-2-4-13-31/h2-29H,30H2,1H3. The number of nitrogens with zero attached hydrogens (tertiary/aromatic N) is 7. The lowest BCUT2D eigenvalue weighted by molar-refractivity contribution is 0.475. The van der Waals surface area contributed by atoms with Crippen LogP contribution in [0.25, 0.3) is 27.6 Å². The molecule has 8 heteroatoms. The molecule has 3 aromatic heterocycles. The monoisotopic (exact) mass is 675 g/mol. The van der Waals surface area contributed by atoms with Gasteiger partial charge in [0.2, 0.25) is 0 Å². The van der Waals surface area contributed by atoms with Crippen molar-refractivity contribution < 1.29 is 4.74 Å². The van der Waals surface area contributed by atoms with Gasteiger partial charge >= 0.3 is 0 Å². The predicted octanol–water partition coefficient (Wildman–Crippen LogP) is 10.8. The number of hydrogen-bond acceptors (Lipinski definition) is 7. The molecule has 0 radical (unpaired) electrons. The zero-order valence-corrected chi connectivity index (χ0v) is 28.4. The van der Waals surface area contributed by atoms with Gasteiger partial charge < -0.3 is 19.4 Å². The molecule has 10 rings (SSSR count). The molecule has 0 amide bonds. The number of anilines is 7. The molecule has 8 aromatic rings. The lowest BCUT2D eigenvalue weighted by atomic mass is 10.1. The van der Waals surface area contributed by atoms with Crippen molar-refractivity contribution in [1.29, 1.82) is 0 Å². The molecule has 52 heavy (non-hydrogen) atoms. The molecule has 5 aromatic carbocycles. The average molecular weight is 676 g/mol. The van der Waals surface area contributed by atoms with Gasteiger partial charge in [-0.1, -0.05) is 66.7 Å². The molecule has 2 aliphatic heterocycles. The number of hydrogen-bond donors (Lipinski definition) is 0. The van der Waals surface area contributed by atoms with Crippen LogP contribution in [0.2, 0.25) is 0 Å². The molecule has 0 atom stereocenters. The van der Waals surface area contributed by atoms with E-state index in [1.807, 2.05) is 54.9 Å². The van der Waals surface area contributed by atoms with Crippen LogP contribution in [-0.2, 0) is 0 Å². The van der Waals surface area contributed by atoms with Gasteiger partial charge in [-0.15, -0.1) is 0 Å². The fraction of sp³-hybridized carbons (Fsp3) is 0.0455. The maximum absolute atomic E-state index is 6.87. The summed E-state index contributed by atoms with van der Waals surface area (Å²) in [5.41, 5.74) is 8.02. The first-order valence-corrected chi connectivity index (χ1v) is 17.3. The van der Waals surface area contributed by atoms with Gasteiger partial charge in [0, 0.05) is 65.4 Å². The molecule has 0 aliphatic carbocycles. The fourth-order valence-electron chi connectivity index (χ4n) is 7.42. The summed E-state index contributed by atoms with van der Waals surface area (Å²) in [4.78, 5) is 18.6. The highest BCUT2D eigenvalue weighted by Crippen LogP contribution is 2.54. The summed E-state index contributed by atoms with van der Waals surface area (Å²) in [5, 5.41) is 2.33. The quantitative estimate of drug-likeness (QED) is 0.174. The molecule has 0 bridgehead atoms. The highest BCUT2D eigenvalue weighted by Gasteiger charge is 2.32. The van der Waals surface area contributed by atoms with Crippen LogP contribution >= 0.6 is 0 Å². The maximum Gasteiger partial charge on any atom is 0.194 e. The molecule has 0 N–H and O–H groups in total. The molecule has 5 heterocycles. The van der Waals surface area contributed by atoms with Crippen LogP contribution in [0, 0.1) is 0 Å². The Kier molecular flexibility index (Phi) is 6.92. The van der Waals surface area contributed by atoms with Gasteiger partial charge in [-0.05, 0) is 78.9 Å². The molecule has 0 unspecified atom stereocenters. The number of ether oxygens (including phenoxy) is 1. The lowest BCUT2D eigenvalue weighted by Crippen LogP contribution is -2.22. The van der Waals surface area contributed by atoms with E-state index in [-0.39, 0.29) is 0 Å². The normalized spacial score (nSPS) is 13.4. The van der Waals surface area contributed by atoms with E-state index in [1.165, 1.54) is 5.39 Å². The van der Waals surface area contributed by atoms with E-state index in [2.05, 4.69) is 147 Å². The number of para-hydroxylation sites is 4. The van der Waals surface area contributed by atoms with Gasteiger partial charge in [0.1, 0.15) is 5.82 Å². The van der Waals surface area contributed by atoms with Crippen molar-refractivity contribution in [2.24, 2.45) is 0 Å². The Bertz CT molecular complexity index is 2640. The third-order valence-corrected chi connectivity index (χ3v) is 9.74. The van der Waals surface area contributed by atoms with Crippen LogP contribution in [0.5, 0.6) is 11.5 Å². The summed E-state index contributed by atoms with van der Waals surface area (Å²) >= 11 is 0. The van der Waals surface area contributed by atoms with Crippen molar-refractivity contribution in [3.63, 3.8) is 0 Å². The summed E-state index contributed by atoms with van der Waals surface area (Å²) in [5.74, 6) is 3.01. The lowest BCUT2D eigenvalue weighted by Gasteiger charge is -2.35. The minimum Gasteiger partial charge on any atom is -0.449 e. The Balaban J connectivity index is 1.22. The van der Waals surface area contributed by atoms with Crippen LogP contribution in [0.15, 0.2) is 170 Å². The molecular formula is C44H33N7O. The number of fused-ring (bicyclic) bond motifs is 5. The first-order chi connectivity index (χ1) is 25.7. The molecule has 0 spiro atoms. The van der Waals surface area contributed by atoms with E-state index in [0.29, 0.717) is 5.75 Å². The van der Waals surface area contributed by atoms with E-state index >= 15 is 0 Å². The van der Waals surface area contributed by atoms with E-state index in [9.17, 15) is 0 Å². The largest absolute Gasteiger partial charge is 0.449 e. The smallest absolute Gasteiger partial charge is 0.194 e. The van der Waals surface area contributed by atoms with Gasteiger partial charge in [-0.3, -0.25) is 9.47 Å². The van der Waals surface area contributed by atoms with Gasteiger partial charge in [0.25, 0.3) is 0 Å². The molecule has 8 nitrogen and oxygen atoms in total. The summed E-state index contributed by atoms with van der Waals surface area (Å²) in [7, 11) is 2.08. The fourth-order valence-corrected chi connectivity index (χ4v) is 7.42. The molecule has 0 saturated heterocycles. The Morgan fingerprint density at radius 1 is 0.615 bits per heavy atom. The maximum atomic E-state index is 6.87. The third-order valence-electron chi connectivity index (χ3n) is 9.74. The van der Waals surface area contributed by atoms with Crippen LogP contribution in [-0.4, -0.2) is 33.2 Å². The minimum absolute atomic E-state index is 0.668. The number of rotatable bonds is 6. The third kappa shape index (κ3) is 4.84. The second kappa shape index (κ2) is 12.1. The molecule has 2 aliphatic rings. The molecule has 0 fully saturated rings. The van der Waals surface area contributed by atoms with Gasteiger partial charge in [0.05, 0.1) is 29.1 Å². The van der Waals surface area contributed by atoms with Crippen LogP contribution in [0.4, 0.5) is 39.9 Å². The second-order valence-electron chi connectivity index (χ2n) is 13.0. The van der Waals surface area contributed by atoms with Crippen molar-refractivity contribution in [1.82, 2.24) is 19.4 Å².